The van der Waals surface area contributed by atoms with Crippen LogP contribution in [0.4, 0.5) is 8.78 Å². The molecule has 0 amide bonds. The van der Waals surface area contributed by atoms with Gasteiger partial charge in [0.2, 0.25) is 0 Å². The molecule has 1 N–H and O–H groups in total. The van der Waals surface area contributed by atoms with E-state index in [9.17, 15) is 13.9 Å². The largest absolute Gasteiger partial charge is 0.435 e. The number of aliphatic hydroxyl groups excluding tert-OH is 1. The molecule has 0 radical (unpaired) electrons. The summed E-state index contributed by atoms with van der Waals surface area (Å²) in [6.45, 7) is 2.77. The van der Waals surface area contributed by atoms with Crippen LogP contribution in [0.5, 0.6) is 5.75 Å². The Morgan fingerprint density at radius 3 is 2.76 bits per heavy atom. The predicted molar refractivity (Wildman–Crippen MR) is 62.1 cm³/mol. The fourth-order valence-corrected chi connectivity index (χ4v) is 1.45. The van der Waals surface area contributed by atoms with E-state index in [1.807, 2.05) is 6.92 Å². The van der Waals surface area contributed by atoms with E-state index >= 15 is 0 Å². The quantitative estimate of drug-likeness (QED) is 0.771. The van der Waals surface area contributed by atoms with Crippen LogP contribution in [0.3, 0.4) is 0 Å². The number of hydrogen-bond donors (Lipinski definition) is 1. The average molecular weight is 242 g/mol. The van der Waals surface area contributed by atoms with Crippen molar-refractivity contribution in [2.75, 3.05) is 0 Å². The van der Waals surface area contributed by atoms with Crippen molar-refractivity contribution in [3.05, 3.63) is 42.0 Å². The van der Waals surface area contributed by atoms with Crippen molar-refractivity contribution >= 4 is 0 Å². The molecule has 0 fully saturated rings. The van der Waals surface area contributed by atoms with E-state index in [0.29, 0.717) is 18.4 Å². The van der Waals surface area contributed by atoms with Gasteiger partial charge in [0.1, 0.15) is 5.75 Å². The van der Waals surface area contributed by atoms with E-state index in [0.717, 1.165) is 5.57 Å². The average Bonchev–Trinajstić information content (AvgIpc) is 2.25. The zero-order chi connectivity index (χ0) is 12.8. The summed E-state index contributed by atoms with van der Waals surface area (Å²) in [4.78, 5) is 0. The molecule has 1 aromatic rings. The summed E-state index contributed by atoms with van der Waals surface area (Å²) in [5.41, 5.74) is 1.55. The molecule has 0 saturated heterocycles. The number of benzene rings is 1. The molecule has 0 spiro atoms. The first-order valence-corrected chi connectivity index (χ1v) is 5.36. The van der Waals surface area contributed by atoms with Crippen molar-refractivity contribution in [3.63, 3.8) is 0 Å². The van der Waals surface area contributed by atoms with Crippen LogP contribution in [0.25, 0.3) is 0 Å². The van der Waals surface area contributed by atoms with Gasteiger partial charge in [-0.05, 0) is 37.5 Å². The zero-order valence-corrected chi connectivity index (χ0v) is 9.70. The molecule has 4 heteroatoms. The van der Waals surface area contributed by atoms with E-state index in [-0.39, 0.29) is 5.75 Å². The molecule has 1 atom stereocenters. The molecule has 0 aromatic heterocycles. The van der Waals surface area contributed by atoms with Gasteiger partial charge in [0, 0.05) is 0 Å². The third-order valence-corrected chi connectivity index (χ3v) is 2.31. The maximum Gasteiger partial charge on any atom is 0.387 e. The number of rotatable bonds is 6. The minimum absolute atomic E-state index is 0.0619. The van der Waals surface area contributed by atoms with Gasteiger partial charge in [-0.2, -0.15) is 8.78 Å². The molecule has 2 nitrogen and oxygen atoms in total. The van der Waals surface area contributed by atoms with Crippen LogP contribution in [-0.4, -0.2) is 11.7 Å². The van der Waals surface area contributed by atoms with Gasteiger partial charge in [0.05, 0.1) is 6.10 Å². The van der Waals surface area contributed by atoms with Crippen molar-refractivity contribution in [2.24, 2.45) is 0 Å². The van der Waals surface area contributed by atoms with Gasteiger partial charge in [-0.25, -0.2) is 0 Å². The third kappa shape index (κ3) is 4.95. The molecule has 1 aromatic carbocycles. The maximum atomic E-state index is 12.0. The van der Waals surface area contributed by atoms with Gasteiger partial charge in [0.25, 0.3) is 0 Å². The lowest BCUT2D eigenvalue weighted by molar-refractivity contribution is -0.0499. The maximum absolute atomic E-state index is 12.0. The first-order chi connectivity index (χ1) is 7.99. The minimum Gasteiger partial charge on any atom is -0.435 e. The van der Waals surface area contributed by atoms with E-state index in [1.165, 1.54) is 12.1 Å². The van der Waals surface area contributed by atoms with Gasteiger partial charge in [-0.3, -0.25) is 0 Å². The van der Waals surface area contributed by atoms with E-state index in [1.54, 1.807) is 12.1 Å². The highest BCUT2D eigenvalue weighted by Crippen LogP contribution is 2.24. The summed E-state index contributed by atoms with van der Waals surface area (Å²) in [6.07, 6.45) is 0.530. The molecule has 94 valence electrons. The number of halogens is 2. The molecule has 1 unspecified atom stereocenters. The lowest BCUT2D eigenvalue weighted by Crippen LogP contribution is -2.03. The second kappa shape index (κ2) is 6.35. The summed E-state index contributed by atoms with van der Waals surface area (Å²) in [5, 5.41) is 9.84. The summed E-state index contributed by atoms with van der Waals surface area (Å²) < 4.78 is 28.3. The Balaban J connectivity index is 2.66. The molecular weight excluding hydrogens is 226 g/mol. The minimum atomic E-state index is -2.85. The number of ether oxygens (including phenoxy) is 1. The van der Waals surface area contributed by atoms with Crippen LogP contribution in [0.2, 0.25) is 0 Å². The Kier molecular flexibility index (Phi) is 5.10. The number of alkyl halides is 2. The van der Waals surface area contributed by atoms with Gasteiger partial charge >= 0.3 is 6.61 Å². The van der Waals surface area contributed by atoms with Crippen molar-refractivity contribution in [2.45, 2.75) is 32.5 Å². The molecule has 0 aliphatic heterocycles. The molecule has 0 aliphatic rings. The summed E-state index contributed by atoms with van der Waals surface area (Å²) >= 11 is 0. The second-order valence-electron chi connectivity index (χ2n) is 3.96. The number of hydrogen-bond acceptors (Lipinski definition) is 2. The third-order valence-electron chi connectivity index (χ3n) is 2.31. The molecule has 0 bridgehead atoms. The van der Waals surface area contributed by atoms with E-state index in [4.69, 9.17) is 0 Å². The summed E-state index contributed by atoms with van der Waals surface area (Å²) in [6, 6.07) is 6.12. The SMILES string of the molecule is C=C(C)CCC(O)c1cccc(OC(F)F)c1. The predicted octanol–water partition coefficient (Wildman–Crippen LogP) is 3.68. The fraction of sp³-hybridized carbons (Fsp3) is 0.385. The molecule has 1 rings (SSSR count). The standard InChI is InChI=1S/C13H16F2O2/c1-9(2)6-7-12(16)10-4-3-5-11(8-10)17-13(14)15/h3-5,8,12-13,16H,1,6-7H2,2H3. The van der Waals surface area contributed by atoms with Crippen molar-refractivity contribution < 1.29 is 18.6 Å². The Morgan fingerprint density at radius 1 is 1.47 bits per heavy atom. The highest BCUT2D eigenvalue weighted by atomic mass is 19.3. The monoisotopic (exact) mass is 242 g/mol. The fourth-order valence-electron chi connectivity index (χ4n) is 1.45. The van der Waals surface area contributed by atoms with Crippen LogP contribution >= 0.6 is 0 Å². The van der Waals surface area contributed by atoms with Crippen molar-refractivity contribution in [1.29, 1.82) is 0 Å². The zero-order valence-electron chi connectivity index (χ0n) is 9.70. The highest BCUT2D eigenvalue weighted by molar-refractivity contribution is 5.30. The molecule has 0 saturated carbocycles. The molecule has 17 heavy (non-hydrogen) atoms. The molecule has 0 aliphatic carbocycles. The normalized spacial score (nSPS) is 12.5. The lowest BCUT2D eigenvalue weighted by Gasteiger charge is -2.12. The van der Waals surface area contributed by atoms with Gasteiger partial charge in [0.15, 0.2) is 0 Å². The second-order valence-corrected chi connectivity index (χ2v) is 3.96. The van der Waals surface area contributed by atoms with Crippen LogP contribution in [0, 0.1) is 0 Å². The van der Waals surface area contributed by atoms with E-state index in [2.05, 4.69) is 11.3 Å². The Hall–Kier alpha value is -1.42. The topological polar surface area (TPSA) is 29.5 Å². The van der Waals surface area contributed by atoms with Crippen LogP contribution < -0.4 is 4.74 Å². The summed E-state index contributed by atoms with van der Waals surface area (Å²) in [7, 11) is 0. The van der Waals surface area contributed by atoms with Crippen LogP contribution in [0.15, 0.2) is 36.4 Å². The first kappa shape index (κ1) is 13.6. The van der Waals surface area contributed by atoms with Gasteiger partial charge < -0.3 is 9.84 Å². The number of aliphatic hydroxyl groups is 1. The highest BCUT2D eigenvalue weighted by Gasteiger charge is 2.10. The lowest BCUT2D eigenvalue weighted by atomic mass is 10.0. The van der Waals surface area contributed by atoms with Crippen molar-refractivity contribution in [1.82, 2.24) is 0 Å². The Labute approximate surface area is 99.5 Å². The first-order valence-electron chi connectivity index (χ1n) is 5.36. The van der Waals surface area contributed by atoms with Gasteiger partial charge in [-0.1, -0.05) is 17.7 Å². The van der Waals surface area contributed by atoms with E-state index < -0.39 is 12.7 Å². The van der Waals surface area contributed by atoms with Gasteiger partial charge in [-0.15, -0.1) is 6.58 Å². The Bertz CT molecular complexity index is 377. The summed E-state index contributed by atoms with van der Waals surface area (Å²) in [5.74, 6) is 0.0619. The Morgan fingerprint density at radius 2 is 2.18 bits per heavy atom. The van der Waals surface area contributed by atoms with Crippen LogP contribution in [-0.2, 0) is 0 Å². The molecule has 0 heterocycles. The number of allylic oxidation sites excluding steroid dienone is 1. The van der Waals surface area contributed by atoms with Crippen molar-refractivity contribution in [3.8, 4) is 5.75 Å². The smallest absolute Gasteiger partial charge is 0.387 e. The van der Waals surface area contributed by atoms with Crippen LogP contribution in [0.1, 0.15) is 31.4 Å². The molecular formula is C13H16F2O2.